The second-order valence-electron chi connectivity index (χ2n) is 4.39. The van der Waals surface area contributed by atoms with Crippen LogP contribution in [0.5, 0.6) is 0 Å². The summed E-state index contributed by atoms with van der Waals surface area (Å²) < 4.78 is 5.08. The van der Waals surface area contributed by atoms with Crippen LogP contribution in [0, 0.1) is 0 Å². The minimum absolute atomic E-state index is 0.395. The normalized spacial score (nSPS) is 11.0. The first-order chi connectivity index (χ1) is 7.40. The first kappa shape index (κ1) is 12.4. The Hall–Kier alpha value is -1.65. The van der Waals surface area contributed by atoms with Crippen molar-refractivity contribution >= 4 is 11.9 Å². The fourth-order valence-corrected chi connectivity index (χ4v) is 1.02. The molecule has 0 radical (unpaired) electrons. The third-order valence-electron chi connectivity index (χ3n) is 1.71. The molecular formula is C11H17N3O2. The Balaban J connectivity index is 2.56. The third kappa shape index (κ3) is 4.25. The van der Waals surface area contributed by atoms with E-state index in [1.54, 1.807) is 26.8 Å². The van der Waals surface area contributed by atoms with Gasteiger partial charge in [-0.2, -0.15) is 5.10 Å². The largest absolute Gasteiger partial charge is 0.444 e. The second-order valence-corrected chi connectivity index (χ2v) is 4.39. The van der Waals surface area contributed by atoms with Gasteiger partial charge in [0.05, 0.1) is 5.69 Å². The maximum atomic E-state index is 11.4. The number of ether oxygens (including phenoxy) is 1. The van der Waals surface area contributed by atoms with E-state index in [4.69, 9.17) is 4.74 Å². The number of hydrogen-bond acceptors (Lipinski definition) is 4. The van der Waals surface area contributed by atoms with Gasteiger partial charge in [-0.15, -0.1) is 5.10 Å². The third-order valence-corrected chi connectivity index (χ3v) is 1.71. The molecule has 0 aliphatic rings. The number of aromatic nitrogens is 2. The zero-order valence-electron chi connectivity index (χ0n) is 10.1. The van der Waals surface area contributed by atoms with Crippen molar-refractivity contribution in [3.63, 3.8) is 0 Å². The van der Waals surface area contributed by atoms with Crippen LogP contribution < -0.4 is 5.32 Å². The summed E-state index contributed by atoms with van der Waals surface area (Å²) in [6, 6.07) is 3.52. The molecule has 0 unspecified atom stereocenters. The highest BCUT2D eigenvalue weighted by Gasteiger charge is 2.16. The summed E-state index contributed by atoms with van der Waals surface area (Å²) in [5.41, 5.74) is 0.371. The molecular weight excluding hydrogens is 206 g/mol. The fraction of sp³-hybridized carbons (Fsp3) is 0.545. The molecule has 1 amide bonds. The van der Waals surface area contributed by atoms with Gasteiger partial charge in [0.25, 0.3) is 0 Å². The van der Waals surface area contributed by atoms with Crippen LogP contribution in [0.25, 0.3) is 0 Å². The maximum Gasteiger partial charge on any atom is 0.413 e. The molecule has 0 saturated carbocycles. The molecule has 1 rings (SSSR count). The molecule has 0 saturated heterocycles. The van der Waals surface area contributed by atoms with E-state index in [1.165, 1.54) is 0 Å². The number of carbonyl (C=O) groups is 1. The Morgan fingerprint density at radius 3 is 2.50 bits per heavy atom. The molecule has 1 aromatic heterocycles. The zero-order valence-corrected chi connectivity index (χ0v) is 10.1. The van der Waals surface area contributed by atoms with Crippen LogP contribution >= 0.6 is 0 Å². The molecule has 1 aromatic rings. The monoisotopic (exact) mass is 223 g/mol. The van der Waals surface area contributed by atoms with Gasteiger partial charge in [0.2, 0.25) is 0 Å². The van der Waals surface area contributed by atoms with Crippen molar-refractivity contribution in [1.82, 2.24) is 10.2 Å². The van der Waals surface area contributed by atoms with Crippen LogP contribution in [-0.4, -0.2) is 21.9 Å². The maximum absolute atomic E-state index is 11.4. The van der Waals surface area contributed by atoms with Crippen molar-refractivity contribution in [2.45, 2.75) is 39.7 Å². The molecule has 0 bridgehead atoms. The number of nitrogens with zero attached hydrogens (tertiary/aromatic N) is 2. The zero-order chi connectivity index (χ0) is 12.2. The number of amides is 1. The summed E-state index contributed by atoms with van der Waals surface area (Å²) in [5.74, 6) is 0.395. The Kier molecular flexibility index (Phi) is 3.82. The van der Waals surface area contributed by atoms with Gasteiger partial charge in [-0.25, -0.2) is 4.79 Å². The number of nitrogens with one attached hydrogen (secondary N) is 1. The Labute approximate surface area is 95.2 Å². The Bertz CT molecular complexity index is 354. The van der Waals surface area contributed by atoms with E-state index in [9.17, 15) is 4.79 Å². The van der Waals surface area contributed by atoms with Gasteiger partial charge < -0.3 is 4.74 Å². The lowest BCUT2D eigenvalue weighted by Crippen LogP contribution is -2.27. The summed E-state index contributed by atoms with van der Waals surface area (Å²) >= 11 is 0. The van der Waals surface area contributed by atoms with Gasteiger partial charge in [0, 0.05) is 0 Å². The van der Waals surface area contributed by atoms with Crippen molar-refractivity contribution in [3.05, 3.63) is 17.8 Å². The SMILES string of the molecule is CCc1ccc(NC(=O)OC(C)(C)C)nn1. The number of carbonyl (C=O) groups excluding carboxylic acids is 1. The topological polar surface area (TPSA) is 64.1 Å². The molecule has 0 atom stereocenters. The van der Waals surface area contributed by atoms with E-state index in [2.05, 4.69) is 15.5 Å². The van der Waals surface area contributed by atoms with Crippen LogP contribution in [0.4, 0.5) is 10.6 Å². The fourth-order valence-electron chi connectivity index (χ4n) is 1.02. The average Bonchev–Trinajstić information content (AvgIpc) is 2.16. The van der Waals surface area contributed by atoms with Gasteiger partial charge >= 0.3 is 6.09 Å². The lowest BCUT2D eigenvalue weighted by atomic mass is 10.2. The summed E-state index contributed by atoms with van der Waals surface area (Å²) in [5, 5.41) is 10.3. The molecule has 0 aliphatic carbocycles. The average molecular weight is 223 g/mol. The van der Waals surface area contributed by atoms with E-state index in [0.29, 0.717) is 5.82 Å². The lowest BCUT2D eigenvalue weighted by molar-refractivity contribution is 0.0635. The molecule has 1 N–H and O–H groups in total. The molecule has 88 valence electrons. The molecule has 0 aliphatic heterocycles. The van der Waals surface area contributed by atoms with Crippen LogP contribution in [-0.2, 0) is 11.2 Å². The molecule has 0 aromatic carbocycles. The summed E-state index contributed by atoms with van der Waals surface area (Å²) in [6.07, 6.45) is 0.297. The van der Waals surface area contributed by atoms with Gasteiger partial charge in [-0.3, -0.25) is 5.32 Å². The van der Waals surface area contributed by atoms with E-state index in [1.807, 2.05) is 13.0 Å². The van der Waals surface area contributed by atoms with Crippen molar-refractivity contribution in [2.24, 2.45) is 0 Å². The minimum Gasteiger partial charge on any atom is -0.444 e. The number of aryl methyl sites for hydroxylation is 1. The van der Waals surface area contributed by atoms with Crippen molar-refractivity contribution in [2.75, 3.05) is 5.32 Å². The highest BCUT2D eigenvalue weighted by Crippen LogP contribution is 2.09. The standard InChI is InChI=1S/C11H17N3O2/c1-5-8-6-7-9(14-13-8)12-10(15)16-11(2,3)4/h6-7H,5H2,1-4H3,(H,12,14,15). The van der Waals surface area contributed by atoms with Crippen LogP contribution in [0.1, 0.15) is 33.4 Å². The number of rotatable bonds is 2. The van der Waals surface area contributed by atoms with Gasteiger partial charge in [-0.1, -0.05) is 6.92 Å². The predicted molar refractivity (Wildman–Crippen MR) is 61.3 cm³/mol. The van der Waals surface area contributed by atoms with Gasteiger partial charge in [0.15, 0.2) is 5.82 Å². The quantitative estimate of drug-likeness (QED) is 0.836. The van der Waals surface area contributed by atoms with Crippen LogP contribution in [0.15, 0.2) is 12.1 Å². The lowest BCUT2D eigenvalue weighted by Gasteiger charge is -2.19. The van der Waals surface area contributed by atoms with E-state index >= 15 is 0 Å². The molecule has 0 spiro atoms. The highest BCUT2D eigenvalue weighted by atomic mass is 16.6. The summed E-state index contributed by atoms with van der Waals surface area (Å²) in [6.45, 7) is 7.40. The highest BCUT2D eigenvalue weighted by molar-refractivity contribution is 5.83. The summed E-state index contributed by atoms with van der Waals surface area (Å²) in [4.78, 5) is 11.4. The van der Waals surface area contributed by atoms with E-state index in [-0.39, 0.29) is 0 Å². The van der Waals surface area contributed by atoms with Crippen molar-refractivity contribution < 1.29 is 9.53 Å². The molecule has 1 heterocycles. The summed E-state index contributed by atoms with van der Waals surface area (Å²) in [7, 11) is 0. The molecule has 16 heavy (non-hydrogen) atoms. The first-order valence-electron chi connectivity index (χ1n) is 5.23. The van der Waals surface area contributed by atoms with E-state index < -0.39 is 11.7 Å². The first-order valence-corrected chi connectivity index (χ1v) is 5.23. The molecule has 0 fully saturated rings. The second kappa shape index (κ2) is 4.92. The Morgan fingerprint density at radius 1 is 1.38 bits per heavy atom. The van der Waals surface area contributed by atoms with Crippen LogP contribution in [0.3, 0.4) is 0 Å². The van der Waals surface area contributed by atoms with Crippen molar-refractivity contribution in [1.29, 1.82) is 0 Å². The van der Waals surface area contributed by atoms with Gasteiger partial charge in [0.1, 0.15) is 5.60 Å². The Morgan fingerprint density at radius 2 is 2.06 bits per heavy atom. The number of hydrogen-bond donors (Lipinski definition) is 1. The smallest absolute Gasteiger partial charge is 0.413 e. The predicted octanol–water partition coefficient (Wildman–Crippen LogP) is 2.39. The minimum atomic E-state index is -0.522. The molecule has 5 nitrogen and oxygen atoms in total. The van der Waals surface area contributed by atoms with Crippen molar-refractivity contribution in [3.8, 4) is 0 Å². The number of anilines is 1. The molecule has 5 heteroatoms. The van der Waals surface area contributed by atoms with Crippen LogP contribution in [0.2, 0.25) is 0 Å². The van der Waals surface area contributed by atoms with E-state index in [0.717, 1.165) is 12.1 Å². The van der Waals surface area contributed by atoms with Gasteiger partial charge in [-0.05, 0) is 39.3 Å².